The largest absolute Gasteiger partial charge is 0.381 e. The summed E-state index contributed by atoms with van der Waals surface area (Å²) in [4.78, 5) is 10.1. The fraction of sp³-hybridized carbons (Fsp3) is 0.500. The van der Waals surface area contributed by atoms with E-state index in [0.29, 0.717) is 11.5 Å². The highest BCUT2D eigenvalue weighted by molar-refractivity contribution is 5.58. The van der Waals surface area contributed by atoms with Crippen LogP contribution in [-0.2, 0) is 0 Å². The van der Waals surface area contributed by atoms with Gasteiger partial charge in [-0.2, -0.15) is 4.79 Å². The number of imidazole rings is 1. The quantitative estimate of drug-likeness (QED) is 0.752. The smallest absolute Gasteiger partial charge is 0.199 e. The third-order valence-corrected chi connectivity index (χ3v) is 2.28. The third kappa shape index (κ3) is 1.11. The summed E-state index contributed by atoms with van der Waals surface area (Å²) in [5, 5.41) is 2.13. The van der Waals surface area contributed by atoms with Crippen molar-refractivity contribution in [2.75, 3.05) is 23.8 Å². The first-order chi connectivity index (χ1) is 6.77. The zero-order valence-corrected chi connectivity index (χ0v) is 8.38. The molecular weight excluding hydrogens is 180 g/mol. The molecule has 2 aromatic rings. The zero-order valence-electron chi connectivity index (χ0n) is 8.38. The molecule has 0 aliphatic carbocycles. The Morgan fingerprint density at radius 3 is 2.64 bits per heavy atom. The maximum atomic E-state index is 5.65. The molecule has 2 N–H and O–H groups in total. The molecule has 2 rings (SSSR count). The van der Waals surface area contributed by atoms with Crippen molar-refractivity contribution in [1.29, 1.82) is 0 Å². The van der Waals surface area contributed by atoms with E-state index in [1.54, 1.807) is 12.7 Å². The molecular formula is C8H14N6. The van der Waals surface area contributed by atoms with Crippen LogP contribution < -0.4 is 10.7 Å². The second-order valence-corrected chi connectivity index (χ2v) is 3.00. The average molecular weight is 194 g/mol. The molecule has 0 unspecified atom stereocenters. The van der Waals surface area contributed by atoms with Gasteiger partial charge in [-0.05, 0) is 13.8 Å². The highest BCUT2D eigenvalue weighted by atomic mass is 15.7. The summed E-state index contributed by atoms with van der Waals surface area (Å²) in [5.74, 6) is 0.468. The zero-order chi connectivity index (χ0) is 10.1. The lowest BCUT2D eigenvalue weighted by Crippen LogP contribution is -2.35. The fourth-order valence-electron chi connectivity index (χ4n) is 1.51. The van der Waals surface area contributed by atoms with Gasteiger partial charge in [0.05, 0.1) is 0 Å². The van der Waals surface area contributed by atoms with Gasteiger partial charge in [-0.15, -0.1) is 0 Å². The molecule has 0 aromatic carbocycles. The molecule has 0 fully saturated rings. The first-order valence-corrected chi connectivity index (χ1v) is 4.69. The van der Waals surface area contributed by atoms with Crippen LogP contribution in [-0.4, -0.2) is 32.4 Å². The highest BCUT2D eigenvalue weighted by Gasteiger charge is 2.09. The molecule has 0 amide bonds. The molecule has 2 aromatic heterocycles. The van der Waals surface area contributed by atoms with Crippen molar-refractivity contribution in [3.05, 3.63) is 12.7 Å². The lowest BCUT2D eigenvalue weighted by atomic mass is 10.6. The number of hydrogen-bond donors (Lipinski definition) is 1. The first-order valence-electron chi connectivity index (χ1n) is 4.69. The van der Waals surface area contributed by atoms with Crippen molar-refractivity contribution in [1.82, 2.24) is 19.3 Å². The molecule has 6 heteroatoms. The summed E-state index contributed by atoms with van der Waals surface area (Å²) in [6.45, 7) is 6.02. The Bertz CT molecular complexity index is 424. The number of nitrogens with zero attached hydrogens (tertiary/aromatic N) is 5. The molecule has 76 valence electrons. The Balaban J connectivity index is 2.51. The predicted octanol–water partition coefficient (Wildman–Crippen LogP) is 0.0908. The van der Waals surface area contributed by atoms with Gasteiger partial charge in [0.1, 0.15) is 12.7 Å². The maximum absolute atomic E-state index is 5.65. The van der Waals surface area contributed by atoms with Crippen molar-refractivity contribution < 1.29 is 0 Å². The second kappa shape index (κ2) is 3.21. The summed E-state index contributed by atoms with van der Waals surface area (Å²) in [6.07, 6.45) is 3.43. The lowest BCUT2D eigenvalue weighted by molar-refractivity contribution is 0.527. The van der Waals surface area contributed by atoms with Crippen molar-refractivity contribution in [2.24, 2.45) is 0 Å². The standard InChI is InChI=1S/C8H14N6/c1-3-12(4-2)14-6-11-8-7(9)10-5-13(8)14/h5-6H,3-4,9H2,1-2H3. The lowest BCUT2D eigenvalue weighted by Gasteiger charge is -2.21. The summed E-state index contributed by atoms with van der Waals surface area (Å²) >= 11 is 0. The van der Waals surface area contributed by atoms with Gasteiger partial charge in [-0.25, -0.2) is 14.5 Å². The van der Waals surface area contributed by atoms with Gasteiger partial charge in [0, 0.05) is 13.1 Å². The van der Waals surface area contributed by atoms with E-state index in [9.17, 15) is 0 Å². The van der Waals surface area contributed by atoms with Gasteiger partial charge in [-0.3, -0.25) is 5.01 Å². The van der Waals surface area contributed by atoms with E-state index in [0.717, 1.165) is 13.1 Å². The molecule has 2 heterocycles. The first kappa shape index (κ1) is 8.86. The van der Waals surface area contributed by atoms with E-state index in [-0.39, 0.29) is 0 Å². The van der Waals surface area contributed by atoms with E-state index in [4.69, 9.17) is 5.73 Å². The molecule has 0 radical (unpaired) electrons. The van der Waals surface area contributed by atoms with Gasteiger partial charge in [0.15, 0.2) is 11.5 Å². The predicted molar refractivity (Wildman–Crippen MR) is 54.7 cm³/mol. The molecule has 0 bridgehead atoms. The minimum Gasteiger partial charge on any atom is -0.381 e. The Kier molecular flexibility index (Phi) is 2.03. The van der Waals surface area contributed by atoms with Crippen LogP contribution in [0.25, 0.3) is 5.65 Å². The molecule has 14 heavy (non-hydrogen) atoms. The fourth-order valence-corrected chi connectivity index (χ4v) is 1.51. The van der Waals surface area contributed by atoms with E-state index in [2.05, 4.69) is 28.8 Å². The van der Waals surface area contributed by atoms with Crippen LogP contribution >= 0.6 is 0 Å². The Morgan fingerprint density at radius 2 is 2.00 bits per heavy atom. The number of anilines is 1. The van der Waals surface area contributed by atoms with Crippen molar-refractivity contribution >= 4 is 11.5 Å². The molecule has 0 aliphatic heterocycles. The van der Waals surface area contributed by atoms with Crippen LogP contribution in [0.4, 0.5) is 5.82 Å². The monoisotopic (exact) mass is 194 g/mol. The summed E-state index contributed by atoms with van der Waals surface area (Å²) in [6, 6.07) is 0. The van der Waals surface area contributed by atoms with Gasteiger partial charge >= 0.3 is 0 Å². The average Bonchev–Trinajstić information content (AvgIpc) is 2.74. The van der Waals surface area contributed by atoms with Crippen molar-refractivity contribution in [2.45, 2.75) is 13.8 Å². The second-order valence-electron chi connectivity index (χ2n) is 3.00. The summed E-state index contributed by atoms with van der Waals surface area (Å²) < 4.78 is 1.84. The van der Waals surface area contributed by atoms with Crippen LogP contribution in [0.2, 0.25) is 0 Å². The van der Waals surface area contributed by atoms with Crippen LogP contribution in [0.5, 0.6) is 0 Å². The number of hydrogen-bond acceptors (Lipinski definition) is 4. The molecule has 6 nitrogen and oxygen atoms in total. The van der Waals surface area contributed by atoms with Gasteiger partial charge in [0.2, 0.25) is 0 Å². The Hall–Kier alpha value is -1.72. The van der Waals surface area contributed by atoms with Gasteiger partial charge < -0.3 is 5.73 Å². The van der Waals surface area contributed by atoms with Crippen LogP contribution in [0, 0.1) is 0 Å². The highest BCUT2D eigenvalue weighted by Crippen LogP contribution is 2.08. The third-order valence-electron chi connectivity index (χ3n) is 2.28. The van der Waals surface area contributed by atoms with E-state index < -0.39 is 0 Å². The summed E-state index contributed by atoms with van der Waals surface area (Å²) in [7, 11) is 0. The minimum atomic E-state index is 0.468. The van der Waals surface area contributed by atoms with Gasteiger partial charge in [0.25, 0.3) is 0 Å². The van der Waals surface area contributed by atoms with E-state index >= 15 is 0 Å². The SMILES string of the molecule is CCN(CC)n1cnc2c(N)ncn21. The number of rotatable bonds is 3. The normalized spacial score (nSPS) is 11.0. The molecule has 0 spiro atoms. The number of fused-ring (bicyclic) bond motifs is 1. The Morgan fingerprint density at radius 1 is 1.29 bits per heavy atom. The topological polar surface area (TPSA) is 64.4 Å². The number of nitrogens with two attached hydrogens (primary N) is 1. The molecule has 0 atom stereocenters. The summed E-state index contributed by atoms with van der Waals surface area (Å²) in [5.41, 5.74) is 6.35. The van der Waals surface area contributed by atoms with Crippen LogP contribution in [0.3, 0.4) is 0 Å². The molecule has 0 aliphatic rings. The molecule has 0 saturated heterocycles. The molecule has 0 saturated carbocycles. The van der Waals surface area contributed by atoms with Gasteiger partial charge in [-0.1, -0.05) is 0 Å². The maximum Gasteiger partial charge on any atom is 0.199 e. The van der Waals surface area contributed by atoms with Crippen LogP contribution in [0.15, 0.2) is 12.7 Å². The van der Waals surface area contributed by atoms with E-state index in [1.165, 1.54) is 0 Å². The number of nitrogen functional groups attached to an aromatic ring is 1. The Labute approximate surface area is 81.9 Å². The van der Waals surface area contributed by atoms with Crippen molar-refractivity contribution in [3.63, 3.8) is 0 Å². The van der Waals surface area contributed by atoms with Crippen LogP contribution in [0.1, 0.15) is 13.8 Å². The van der Waals surface area contributed by atoms with Crippen molar-refractivity contribution in [3.8, 4) is 0 Å². The minimum absolute atomic E-state index is 0.468. The number of aromatic nitrogens is 4. The van der Waals surface area contributed by atoms with E-state index in [1.807, 2.05) is 9.31 Å².